The van der Waals surface area contributed by atoms with E-state index in [4.69, 9.17) is 16.3 Å². The second kappa shape index (κ2) is 8.36. The molecular formula is C18H17ClF3NO2. The molecule has 0 bridgehead atoms. The van der Waals surface area contributed by atoms with E-state index < -0.39 is 11.7 Å². The van der Waals surface area contributed by atoms with Crippen molar-refractivity contribution >= 4 is 17.5 Å². The summed E-state index contributed by atoms with van der Waals surface area (Å²) in [6.45, 7) is 0.248. The van der Waals surface area contributed by atoms with E-state index in [1.165, 1.54) is 19.2 Å². The normalized spacial score (nSPS) is 12.7. The maximum atomic E-state index is 12.5. The van der Waals surface area contributed by atoms with Crippen molar-refractivity contribution in [1.82, 2.24) is 5.32 Å². The lowest BCUT2D eigenvalue weighted by atomic mass is 10.1. The number of hydrogen-bond donors (Lipinski definition) is 1. The summed E-state index contributed by atoms with van der Waals surface area (Å²) in [7, 11) is 1.53. The van der Waals surface area contributed by atoms with Gasteiger partial charge in [0.25, 0.3) is 0 Å². The SMILES string of the molecule is COC(CNC(=O)Cc1ccc(C(F)(F)F)cc1)c1ccc(Cl)cc1. The third-order valence-electron chi connectivity index (χ3n) is 3.66. The molecule has 1 unspecified atom stereocenters. The van der Waals surface area contributed by atoms with Gasteiger partial charge in [-0.05, 0) is 35.4 Å². The van der Waals surface area contributed by atoms with Crippen molar-refractivity contribution in [2.45, 2.75) is 18.7 Å². The van der Waals surface area contributed by atoms with Crippen molar-refractivity contribution in [2.75, 3.05) is 13.7 Å². The zero-order valence-corrected chi connectivity index (χ0v) is 14.2. The van der Waals surface area contributed by atoms with Crippen LogP contribution in [0.25, 0.3) is 0 Å². The number of methoxy groups -OCH3 is 1. The summed E-state index contributed by atoms with van der Waals surface area (Å²) in [4.78, 5) is 12.0. The third kappa shape index (κ3) is 5.76. The molecule has 2 aromatic carbocycles. The Labute approximate surface area is 148 Å². The number of benzene rings is 2. The van der Waals surface area contributed by atoms with Crippen LogP contribution >= 0.6 is 11.6 Å². The Bertz CT molecular complexity index is 700. The van der Waals surface area contributed by atoms with Crippen molar-refractivity contribution in [3.63, 3.8) is 0 Å². The molecule has 0 radical (unpaired) electrons. The van der Waals surface area contributed by atoms with Crippen molar-refractivity contribution in [3.8, 4) is 0 Å². The lowest BCUT2D eigenvalue weighted by Crippen LogP contribution is -2.30. The van der Waals surface area contributed by atoms with Crippen LogP contribution in [0.15, 0.2) is 48.5 Å². The highest BCUT2D eigenvalue weighted by atomic mass is 35.5. The molecule has 1 N–H and O–H groups in total. The van der Waals surface area contributed by atoms with Crippen molar-refractivity contribution in [3.05, 3.63) is 70.2 Å². The molecule has 7 heteroatoms. The molecule has 2 aromatic rings. The molecule has 0 aromatic heterocycles. The van der Waals surface area contributed by atoms with Crippen LogP contribution < -0.4 is 5.32 Å². The molecule has 0 spiro atoms. The van der Waals surface area contributed by atoms with Gasteiger partial charge in [-0.15, -0.1) is 0 Å². The predicted octanol–water partition coefficient (Wildman–Crippen LogP) is 4.41. The van der Waals surface area contributed by atoms with Gasteiger partial charge in [-0.1, -0.05) is 35.9 Å². The van der Waals surface area contributed by atoms with Crippen LogP contribution in [-0.4, -0.2) is 19.6 Å². The van der Waals surface area contributed by atoms with E-state index in [2.05, 4.69) is 5.32 Å². The van der Waals surface area contributed by atoms with Gasteiger partial charge in [0.2, 0.25) is 5.91 Å². The molecule has 2 rings (SSSR count). The third-order valence-corrected chi connectivity index (χ3v) is 3.91. The zero-order valence-electron chi connectivity index (χ0n) is 13.4. The average molecular weight is 372 g/mol. The van der Waals surface area contributed by atoms with Gasteiger partial charge < -0.3 is 10.1 Å². The Morgan fingerprint density at radius 1 is 1.12 bits per heavy atom. The first-order valence-electron chi connectivity index (χ1n) is 7.50. The zero-order chi connectivity index (χ0) is 18.4. The molecule has 1 amide bonds. The molecule has 1 atom stereocenters. The maximum Gasteiger partial charge on any atom is 0.416 e. The molecule has 0 aliphatic rings. The minimum Gasteiger partial charge on any atom is -0.375 e. The van der Waals surface area contributed by atoms with E-state index in [0.717, 1.165) is 17.7 Å². The summed E-state index contributed by atoms with van der Waals surface area (Å²) in [5.74, 6) is -0.296. The first-order valence-corrected chi connectivity index (χ1v) is 7.88. The number of hydrogen-bond acceptors (Lipinski definition) is 2. The van der Waals surface area contributed by atoms with E-state index in [9.17, 15) is 18.0 Å². The highest BCUT2D eigenvalue weighted by molar-refractivity contribution is 6.30. The monoisotopic (exact) mass is 371 g/mol. The Hall–Kier alpha value is -2.05. The van der Waals surface area contributed by atoms with E-state index in [0.29, 0.717) is 10.6 Å². The number of halogens is 4. The van der Waals surface area contributed by atoms with Gasteiger partial charge in [-0.2, -0.15) is 13.2 Å². The topological polar surface area (TPSA) is 38.3 Å². The Kier molecular flexibility index (Phi) is 6.45. The number of ether oxygens (including phenoxy) is 1. The van der Waals surface area contributed by atoms with E-state index in [1.54, 1.807) is 24.3 Å². The fourth-order valence-electron chi connectivity index (χ4n) is 2.28. The van der Waals surface area contributed by atoms with Gasteiger partial charge in [0.15, 0.2) is 0 Å². The standard InChI is InChI=1S/C18H17ClF3NO2/c1-25-16(13-4-8-15(19)9-5-13)11-23-17(24)10-12-2-6-14(7-3-12)18(20,21)22/h2-9,16H,10-11H2,1H3,(H,23,24). The summed E-state index contributed by atoms with van der Waals surface area (Å²) in [6, 6.07) is 11.6. The first-order chi connectivity index (χ1) is 11.8. The van der Waals surface area contributed by atoms with Crippen LogP contribution in [0.3, 0.4) is 0 Å². The fraction of sp³-hybridized carbons (Fsp3) is 0.278. The molecule has 0 saturated heterocycles. The Morgan fingerprint density at radius 2 is 1.72 bits per heavy atom. The second-order valence-corrected chi connectivity index (χ2v) is 5.89. The van der Waals surface area contributed by atoms with Gasteiger partial charge in [-0.3, -0.25) is 4.79 Å². The predicted molar refractivity (Wildman–Crippen MR) is 89.4 cm³/mol. The van der Waals surface area contributed by atoms with E-state index in [-0.39, 0.29) is 25.0 Å². The largest absolute Gasteiger partial charge is 0.416 e. The lowest BCUT2D eigenvalue weighted by Gasteiger charge is -2.16. The van der Waals surface area contributed by atoms with Crippen LogP contribution in [-0.2, 0) is 22.1 Å². The molecule has 25 heavy (non-hydrogen) atoms. The van der Waals surface area contributed by atoms with Crippen LogP contribution in [0.2, 0.25) is 5.02 Å². The van der Waals surface area contributed by atoms with Crippen LogP contribution in [0.5, 0.6) is 0 Å². The van der Waals surface area contributed by atoms with Gasteiger partial charge in [0, 0.05) is 18.7 Å². The molecular weight excluding hydrogens is 355 g/mol. The fourth-order valence-corrected chi connectivity index (χ4v) is 2.41. The number of alkyl halides is 3. The van der Waals surface area contributed by atoms with E-state index in [1.807, 2.05) is 0 Å². The Balaban J connectivity index is 1.90. The summed E-state index contributed by atoms with van der Waals surface area (Å²) < 4.78 is 42.9. The van der Waals surface area contributed by atoms with Crippen LogP contribution in [0, 0.1) is 0 Å². The smallest absolute Gasteiger partial charge is 0.375 e. The number of carbonyl (C=O) groups excluding carboxylic acids is 1. The van der Waals surface area contributed by atoms with Crippen molar-refractivity contribution in [2.24, 2.45) is 0 Å². The molecule has 0 aliphatic carbocycles. The average Bonchev–Trinajstić information content (AvgIpc) is 2.56. The minimum atomic E-state index is -4.38. The number of nitrogens with one attached hydrogen (secondary N) is 1. The van der Waals surface area contributed by atoms with Gasteiger partial charge in [-0.25, -0.2) is 0 Å². The minimum absolute atomic E-state index is 0.00477. The molecule has 134 valence electrons. The van der Waals surface area contributed by atoms with E-state index >= 15 is 0 Å². The molecule has 3 nitrogen and oxygen atoms in total. The quantitative estimate of drug-likeness (QED) is 0.817. The van der Waals surface area contributed by atoms with Gasteiger partial charge in [0.1, 0.15) is 0 Å². The first kappa shape index (κ1) is 19.3. The van der Waals surface area contributed by atoms with Gasteiger partial charge >= 0.3 is 6.18 Å². The van der Waals surface area contributed by atoms with Crippen LogP contribution in [0.1, 0.15) is 22.8 Å². The highest BCUT2D eigenvalue weighted by Crippen LogP contribution is 2.29. The number of rotatable bonds is 6. The van der Waals surface area contributed by atoms with Gasteiger partial charge in [0.05, 0.1) is 18.1 Å². The van der Waals surface area contributed by atoms with Crippen molar-refractivity contribution in [1.29, 1.82) is 0 Å². The second-order valence-electron chi connectivity index (χ2n) is 5.45. The summed E-state index contributed by atoms with van der Waals surface area (Å²) in [5, 5.41) is 3.32. The summed E-state index contributed by atoms with van der Waals surface area (Å²) in [6.07, 6.45) is -4.73. The highest BCUT2D eigenvalue weighted by Gasteiger charge is 2.29. The van der Waals surface area contributed by atoms with Crippen molar-refractivity contribution < 1.29 is 22.7 Å². The summed E-state index contributed by atoms with van der Waals surface area (Å²) in [5.41, 5.74) is 0.631. The molecule has 0 heterocycles. The number of amides is 1. The molecule has 0 aliphatic heterocycles. The summed E-state index contributed by atoms with van der Waals surface area (Å²) >= 11 is 5.84. The maximum absolute atomic E-state index is 12.5. The Morgan fingerprint density at radius 3 is 2.24 bits per heavy atom. The van der Waals surface area contributed by atoms with Crippen LogP contribution in [0.4, 0.5) is 13.2 Å². The molecule has 0 saturated carbocycles. The number of carbonyl (C=O) groups is 1. The molecule has 0 fully saturated rings. The lowest BCUT2D eigenvalue weighted by molar-refractivity contribution is -0.137.